The third kappa shape index (κ3) is 1.96. The smallest absolute Gasteiger partial charge is 0.201 e. The van der Waals surface area contributed by atoms with Crippen LogP contribution in [0.4, 0.5) is 0 Å². The van der Waals surface area contributed by atoms with Crippen LogP contribution in [-0.4, -0.2) is 30.6 Å². The van der Waals surface area contributed by atoms with Gasteiger partial charge in [0.2, 0.25) is 5.79 Å². The van der Waals surface area contributed by atoms with Crippen LogP contribution in [0.5, 0.6) is 0 Å². The number of ether oxygens (including phenoxy) is 3. The molecule has 1 saturated carbocycles. The van der Waals surface area contributed by atoms with E-state index in [1.54, 1.807) is 0 Å². The van der Waals surface area contributed by atoms with E-state index in [1.807, 2.05) is 13.8 Å². The molecule has 5 nitrogen and oxygen atoms in total. The van der Waals surface area contributed by atoms with Crippen LogP contribution in [0.2, 0.25) is 0 Å². The van der Waals surface area contributed by atoms with Crippen molar-refractivity contribution in [2.45, 2.75) is 77.3 Å². The lowest BCUT2D eigenvalue weighted by atomic mass is 9.58. The summed E-state index contributed by atoms with van der Waals surface area (Å²) in [5, 5.41) is 0. The highest BCUT2D eigenvalue weighted by Gasteiger charge is 2.69. The molecule has 4 aliphatic heterocycles. The van der Waals surface area contributed by atoms with Gasteiger partial charge in [-0.3, -0.25) is 0 Å². The van der Waals surface area contributed by atoms with Crippen LogP contribution in [0.1, 0.15) is 53.4 Å². The Morgan fingerprint density at radius 1 is 1.09 bits per heavy atom. The lowest BCUT2D eigenvalue weighted by Crippen LogP contribution is -2.70. The Kier molecular flexibility index (Phi) is 3.59. The Morgan fingerprint density at radius 2 is 1.91 bits per heavy atom. The first-order chi connectivity index (χ1) is 10.5. The highest BCUT2D eigenvalue weighted by atomic mass is 17.3. The van der Waals surface area contributed by atoms with Crippen molar-refractivity contribution in [3.05, 3.63) is 0 Å². The van der Waals surface area contributed by atoms with Crippen LogP contribution >= 0.6 is 0 Å². The van der Waals surface area contributed by atoms with Crippen LogP contribution in [-0.2, 0) is 24.0 Å². The van der Waals surface area contributed by atoms with Gasteiger partial charge in [0.05, 0.1) is 0 Å². The highest BCUT2D eigenvalue weighted by Crippen LogP contribution is 2.60. The molecule has 0 radical (unpaired) electrons. The van der Waals surface area contributed by atoms with Gasteiger partial charge in [0.25, 0.3) is 0 Å². The molecule has 5 heteroatoms. The summed E-state index contributed by atoms with van der Waals surface area (Å²) in [7, 11) is 0. The molecule has 5 aliphatic rings. The van der Waals surface area contributed by atoms with Crippen molar-refractivity contribution in [3.8, 4) is 0 Å². The van der Waals surface area contributed by atoms with Crippen molar-refractivity contribution in [3.63, 3.8) is 0 Å². The van der Waals surface area contributed by atoms with Gasteiger partial charge in [-0.1, -0.05) is 13.8 Å². The van der Waals surface area contributed by atoms with E-state index in [2.05, 4.69) is 13.8 Å². The van der Waals surface area contributed by atoms with Gasteiger partial charge >= 0.3 is 0 Å². The van der Waals surface area contributed by atoms with Crippen molar-refractivity contribution >= 4 is 0 Å². The first-order valence-corrected chi connectivity index (χ1v) is 8.82. The SMILES string of the molecule is CCOC1O[C@@H]2O[C@]3(C)CC[C@H]4[C@H](C)CC[C@@H]([C@H]1C)C24OO3. The average Bonchev–Trinajstić information content (AvgIpc) is 2.71. The van der Waals surface area contributed by atoms with Crippen LogP contribution in [0, 0.1) is 23.7 Å². The molecule has 0 amide bonds. The van der Waals surface area contributed by atoms with E-state index in [-0.39, 0.29) is 18.5 Å². The Morgan fingerprint density at radius 3 is 2.68 bits per heavy atom. The number of rotatable bonds is 2. The first kappa shape index (κ1) is 15.3. The predicted octanol–water partition coefficient (Wildman–Crippen LogP) is 3.23. The van der Waals surface area contributed by atoms with Gasteiger partial charge in [0.1, 0.15) is 0 Å². The maximum Gasteiger partial charge on any atom is 0.201 e. The molecule has 2 bridgehead atoms. The van der Waals surface area contributed by atoms with E-state index < -0.39 is 11.4 Å². The van der Waals surface area contributed by atoms with Crippen LogP contribution in [0.25, 0.3) is 0 Å². The van der Waals surface area contributed by atoms with Crippen LogP contribution in [0.15, 0.2) is 0 Å². The molecular weight excluding hydrogens is 284 g/mol. The minimum absolute atomic E-state index is 0.216. The largest absolute Gasteiger partial charge is 0.353 e. The molecule has 0 aromatic heterocycles. The Bertz CT molecular complexity index is 443. The molecule has 1 aliphatic carbocycles. The standard InChI is InChI=1S/C17H28O5/c1-5-18-14-11(3)13-7-6-10(2)12-8-9-16(4)20-15(19-14)17(12,13)22-21-16/h10-15H,5-9H2,1-4H3/t10-,11-,12+,13+,14?,15-,16+,17?/m1/s1. The van der Waals surface area contributed by atoms with Gasteiger partial charge in [0.15, 0.2) is 18.2 Å². The molecule has 22 heavy (non-hydrogen) atoms. The molecule has 1 spiro atoms. The van der Waals surface area contributed by atoms with Crippen molar-refractivity contribution in [1.29, 1.82) is 0 Å². The Balaban J connectivity index is 1.75. The molecule has 0 aromatic carbocycles. The van der Waals surface area contributed by atoms with Gasteiger partial charge in [-0.25, -0.2) is 9.78 Å². The molecule has 5 fully saturated rings. The summed E-state index contributed by atoms with van der Waals surface area (Å²) >= 11 is 0. The molecule has 2 unspecified atom stereocenters. The monoisotopic (exact) mass is 312 g/mol. The topological polar surface area (TPSA) is 46.2 Å². The maximum absolute atomic E-state index is 6.25. The minimum Gasteiger partial charge on any atom is -0.353 e. The fourth-order valence-electron chi connectivity index (χ4n) is 5.23. The van der Waals surface area contributed by atoms with Gasteiger partial charge < -0.3 is 14.2 Å². The molecular formula is C17H28O5. The predicted molar refractivity (Wildman–Crippen MR) is 78.5 cm³/mol. The third-order valence-corrected chi connectivity index (χ3v) is 6.43. The zero-order chi connectivity index (χ0) is 15.5. The fraction of sp³-hybridized carbons (Fsp3) is 1.00. The summed E-state index contributed by atoms with van der Waals surface area (Å²) in [5.74, 6) is 0.957. The van der Waals surface area contributed by atoms with E-state index in [1.165, 1.54) is 6.42 Å². The zero-order valence-corrected chi connectivity index (χ0v) is 14.0. The van der Waals surface area contributed by atoms with E-state index >= 15 is 0 Å². The first-order valence-electron chi connectivity index (χ1n) is 8.82. The molecule has 0 aromatic rings. The molecule has 0 N–H and O–H groups in total. The number of fused-ring (bicyclic) bond motifs is 2. The molecule has 8 atom stereocenters. The van der Waals surface area contributed by atoms with E-state index in [0.717, 1.165) is 19.3 Å². The van der Waals surface area contributed by atoms with E-state index in [9.17, 15) is 0 Å². The van der Waals surface area contributed by atoms with Crippen molar-refractivity contribution in [1.82, 2.24) is 0 Å². The summed E-state index contributed by atoms with van der Waals surface area (Å²) in [5.41, 5.74) is -0.472. The molecule has 4 heterocycles. The Hall–Kier alpha value is -0.200. The molecule has 126 valence electrons. The second-order valence-corrected chi connectivity index (χ2v) is 7.73. The van der Waals surface area contributed by atoms with Gasteiger partial charge in [-0.2, -0.15) is 0 Å². The molecule has 4 saturated heterocycles. The highest BCUT2D eigenvalue weighted by molar-refractivity contribution is 5.09. The quantitative estimate of drug-likeness (QED) is 0.733. The fourth-order valence-corrected chi connectivity index (χ4v) is 5.23. The summed E-state index contributed by atoms with van der Waals surface area (Å²) in [6.07, 6.45) is 3.66. The zero-order valence-electron chi connectivity index (χ0n) is 14.0. The third-order valence-electron chi connectivity index (χ3n) is 6.43. The van der Waals surface area contributed by atoms with Gasteiger partial charge in [-0.15, -0.1) is 0 Å². The number of hydrogen-bond acceptors (Lipinski definition) is 5. The van der Waals surface area contributed by atoms with Crippen LogP contribution in [0.3, 0.4) is 0 Å². The maximum atomic E-state index is 6.25. The van der Waals surface area contributed by atoms with Crippen molar-refractivity contribution in [2.75, 3.05) is 6.61 Å². The normalized spacial score (nSPS) is 57.3. The summed E-state index contributed by atoms with van der Waals surface area (Å²) < 4.78 is 18.3. The van der Waals surface area contributed by atoms with Gasteiger partial charge in [0, 0.05) is 24.9 Å². The molecule has 5 rings (SSSR count). The summed E-state index contributed by atoms with van der Waals surface area (Å²) in [6.45, 7) is 9.15. The van der Waals surface area contributed by atoms with Crippen molar-refractivity contribution in [2.24, 2.45) is 23.7 Å². The average molecular weight is 312 g/mol. The van der Waals surface area contributed by atoms with E-state index in [4.69, 9.17) is 24.0 Å². The number of hydrogen-bond donors (Lipinski definition) is 0. The Labute approximate surface area is 132 Å². The van der Waals surface area contributed by atoms with E-state index in [0.29, 0.717) is 24.4 Å². The lowest BCUT2D eigenvalue weighted by molar-refractivity contribution is -0.577. The summed E-state index contributed by atoms with van der Waals surface area (Å²) in [6, 6.07) is 0. The van der Waals surface area contributed by atoms with Crippen molar-refractivity contribution < 1.29 is 24.0 Å². The second-order valence-electron chi connectivity index (χ2n) is 7.73. The second kappa shape index (κ2) is 5.15. The summed E-state index contributed by atoms with van der Waals surface area (Å²) in [4.78, 5) is 11.9. The van der Waals surface area contributed by atoms with Gasteiger partial charge in [-0.05, 0) is 44.9 Å². The lowest BCUT2D eigenvalue weighted by Gasteiger charge is -2.60. The minimum atomic E-state index is -0.700. The van der Waals surface area contributed by atoms with Crippen LogP contribution < -0.4 is 0 Å².